The van der Waals surface area contributed by atoms with Crippen LogP contribution in [0.2, 0.25) is 0 Å². The van der Waals surface area contributed by atoms with Gasteiger partial charge in [0, 0.05) is 0 Å². The van der Waals surface area contributed by atoms with Crippen molar-refractivity contribution in [2.24, 2.45) is 0 Å². The molecule has 0 amide bonds. The molecule has 3 nitrogen and oxygen atoms in total. The van der Waals surface area contributed by atoms with Crippen LogP contribution in [0, 0.1) is 0 Å². The molecule has 0 fully saturated rings. The molecule has 0 heterocycles. The molecule has 0 rings (SSSR count). The van der Waals surface area contributed by atoms with Crippen LogP contribution in [0.4, 0.5) is 0 Å². The average molecular weight is 99.5 g/mol. The molecule has 0 bridgehead atoms. The van der Waals surface area contributed by atoms with Crippen LogP contribution in [0.5, 0.6) is 0 Å². The van der Waals surface area contributed by atoms with E-state index in [0.717, 1.165) is 0 Å². The van der Waals surface area contributed by atoms with Crippen molar-refractivity contribution < 1.29 is 9.91 Å². The molecule has 7 heavy (non-hydrogen) atoms. The predicted molar refractivity (Wildman–Crippen MR) is 30.3 cm³/mol. The number of hydrogen-bond donors (Lipinski definition) is 1. The first-order valence-corrected chi connectivity index (χ1v) is 1.81. The Morgan fingerprint density at radius 1 is 2.57 bits per heavy atom. The van der Waals surface area contributed by atoms with Gasteiger partial charge in [-0.1, -0.05) is 0 Å². The number of nitrogens with zero attached hydrogens (tertiary/aromatic N) is 1. The van der Waals surface area contributed by atoms with Gasteiger partial charge >= 0.3 is 45.9 Å². The summed E-state index contributed by atoms with van der Waals surface area (Å²) in [5.74, 6) is 0. The summed E-state index contributed by atoms with van der Waals surface area (Å²) in [7, 11) is 0.261. The molecule has 1 N–H and O–H groups in total. The molecule has 6 heteroatoms. The van der Waals surface area contributed by atoms with Gasteiger partial charge in [0.15, 0.2) is 0 Å². The molecule has 0 radical (unpaired) electrons. The van der Waals surface area contributed by atoms with Crippen LogP contribution in [0.1, 0.15) is 0 Å². The van der Waals surface area contributed by atoms with Gasteiger partial charge in [-0.25, -0.2) is 0 Å². The van der Waals surface area contributed by atoms with Crippen LogP contribution >= 0.6 is 0 Å². The van der Waals surface area contributed by atoms with E-state index >= 15 is 0 Å². The molecule has 0 aromatic heterocycles. The summed E-state index contributed by atoms with van der Waals surface area (Å²) >= 11 is 0. The molecule has 36 valence electrons. The van der Waals surface area contributed by atoms with E-state index in [9.17, 15) is 4.70 Å². The summed E-state index contributed by atoms with van der Waals surface area (Å²) in [5, 5.41) is 8.54. The Morgan fingerprint density at radius 2 is 3.14 bits per heavy atom. The van der Waals surface area contributed by atoms with E-state index < -0.39 is 14.3 Å². The standard InChI is InChI=1S/CH6B3NO2/c1-5(7)4(2)3-6/h7H,2H2,1H3/i2TD. The van der Waals surface area contributed by atoms with Crippen LogP contribution in [-0.4, -0.2) is 41.2 Å². The van der Waals surface area contributed by atoms with E-state index in [1.807, 2.05) is 0 Å². The molecule has 0 aliphatic carbocycles. The fourth-order valence-corrected chi connectivity index (χ4v) is 0.0881. The Hall–Kier alpha value is -0.0852. The molecule has 0 aromatic rings. The Bertz CT molecular complexity index is 91.8. The second kappa shape index (κ2) is 2.99. The first kappa shape index (κ1) is 3.86. The van der Waals surface area contributed by atoms with Crippen molar-refractivity contribution >= 4 is 21.3 Å². The molecular weight excluding hydrogens is 90.5 g/mol. The van der Waals surface area contributed by atoms with Crippen LogP contribution in [-0.2, 0) is 4.70 Å². The van der Waals surface area contributed by atoms with Gasteiger partial charge in [-0.3, -0.25) is 0 Å². The minimum absolute atomic E-state index is 0.366. The summed E-state index contributed by atoms with van der Waals surface area (Å²) < 4.78 is 23.3. The molecule has 0 spiro atoms. The quantitative estimate of drug-likeness (QED) is 0.328. The van der Waals surface area contributed by atoms with Gasteiger partial charge in [0.25, 0.3) is 0 Å². The van der Waals surface area contributed by atoms with Crippen LogP contribution in [0.25, 0.3) is 0 Å². The van der Waals surface area contributed by atoms with E-state index in [1.165, 1.54) is 7.05 Å². The van der Waals surface area contributed by atoms with Crippen molar-refractivity contribution in [3.63, 3.8) is 0 Å². The van der Waals surface area contributed by atoms with Gasteiger partial charge < -0.3 is 0 Å². The fraction of sp³-hybridized carbons (Fsp3) is 1.00. The monoisotopic (exact) mass is 100 g/mol. The molecule has 0 saturated carbocycles. The van der Waals surface area contributed by atoms with E-state index in [1.54, 1.807) is 0 Å². The molecular formula is CH6B3NO2. The Kier molecular flexibility index (Phi) is 1.65. The molecule has 0 atom stereocenters. The third-order valence-electron chi connectivity index (χ3n) is 0.571. The normalized spacial score (nSPS) is 11.9. The molecule has 0 unspecified atom stereocenters. The zero-order chi connectivity index (χ0) is 7.44. The maximum absolute atomic E-state index is 9.95. The van der Waals surface area contributed by atoms with E-state index in [2.05, 4.69) is 0 Å². The first-order chi connectivity index (χ1) is 4.09. The Morgan fingerprint density at radius 3 is 3.14 bits per heavy atom. The van der Waals surface area contributed by atoms with Gasteiger partial charge in [-0.2, -0.15) is 0 Å². The second-order valence-corrected chi connectivity index (χ2v) is 1.20. The summed E-state index contributed by atoms with van der Waals surface area (Å²) in [6.45, 7) is -1.04. The van der Waals surface area contributed by atoms with Crippen molar-refractivity contribution in [1.29, 1.82) is 2.67 Å². The maximum atomic E-state index is 9.95. The van der Waals surface area contributed by atoms with Crippen molar-refractivity contribution in [1.82, 2.24) is 4.97 Å². The van der Waals surface area contributed by atoms with Crippen molar-refractivity contribution in [2.75, 3.05) is 7.05 Å². The third kappa shape index (κ3) is 2.59. The predicted octanol–water partition coefficient (Wildman–Crippen LogP) is -2.02. The average Bonchev–Trinajstić information content (AvgIpc) is 1.64. The van der Waals surface area contributed by atoms with Crippen LogP contribution < -0.4 is 0 Å². The Labute approximate surface area is 47.1 Å². The van der Waals surface area contributed by atoms with Gasteiger partial charge in [-0.15, -0.1) is 0 Å². The van der Waals surface area contributed by atoms with Gasteiger partial charge in [0.1, 0.15) is 0 Å². The molecule has 0 aliphatic heterocycles. The summed E-state index contributed by atoms with van der Waals surface area (Å²) in [4.78, 5) is 0.553. The minimum atomic E-state index is -1.34. The third-order valence-corrected chi connectivity index (χ3v) is 0.571. The number of hydrogen-bond acceptors (Lipinski definition) is 3. The van der Waals surface area contributed by atoms with E-state index in [4.69, 9.17) is 7.88 Å². The van der Waals surface area contributed by atoms with Crippen LogP contribution in [0.3, 0.4) is 0 Å². The van der Waals surface area contributed by atoms with E-state index in [-0.39, 0.29) is 0 Å². The van der Waals surface area contributed by atoms with Crippen molar-refractivity contribution in [3.05, 3.63) is 0 Å². The van der Waals surface area contributed by atoms with Gasteiger partial charge in [0.05, 0.1) is 0 Å². The topological polar surface area (TPSA) is 40.5 Å². The summed E-state index contributed by atoms with van der Waals surface area (Å²) in [6.07, 6.45) is 0. The molecule has 0 aliphatic rings. The summed E-state index contributed by atoms with van der Waals surface area (Å²) in [6, 6.07) is 0. The number of rotatable bonds is 3. The van der Waals surface area contributed by atoms with Crippen LogP contribution in [0.15, 0.2) is 0 Å². The van der Waals surface area contributed by atoms with Gasteiger partial charge in [0.2, 0.25) is 0 Å². The van der Waals surface area contributed by atoms with E-state index in [0.29, 0.717) is 12.0 Å². The summed E-state index contributed by atoms with van der Waals surface area (Å²) in [5.41, 5.74) is 0. The number of hydroxylamine groups is 1. The second-order valence-electron chi connectivity index (χ2n) is 1.20. The fourth-order valence-electron chi connectivity index (χ4n) is 0.0881. The molecule has 0 saturated heterocycles. The zero-order valence-corrected chi connectivity index (χ0v) is 4.03. The zero-order valence-electron chi connectivity index (χ0n) is 6.03. The van der Waals surface area contributed by atoms with Gasteiger partial charge in [-0.05, 0) is 0 Å². The van der Waals surface area contributed by atoms with Crippen molar-refractivity contribution in [3.8, 4) is 0 Å². The first-order valence-electron chi connectivity index (χ1n) is 2.96. The molecule has 0 aromatic carbocycles. The van der Waals surface area contributed by atoms with Crippen molar-refractivity contribution in [2.45, 2.75) is 0 Å². The Balaban J connectivity index is 3.82. The SMILES string of the molecule is [2H]B([3H])B(B=O)N(C)O.